The number of hydrogen-bond donors (Lipinski definition) is 1. The Labute approximate surface area is 84.6 Å². The molecule has 1 rings (SSSR count). The maximum Gasteiger partial charge on any atom is 0.304 e. The van der Waals surface area contributed by atoms with Crippen LogP contribution in [0.3, 0.4) is 0 Å². The number of carbonyl (C=O) groups is 1. The van der Waals surface area contributed by atoms with Gasteiger partial charge in [0.25, 0.3) is 0 Å². The number of halogens is 1. The third-order valence-electron chi connectivity index (χ3n) is 1.69. The van der Waals surface area contributed by atoms with Gasteiger partial charge in [-0.05, 0) is 19.1 Å². The molecule has 2 N–H and O–H groups in total. The van der Waals surface area contributed by atoms with Crippen LogP contribution in [0.15, 0.2) is 12.1 Å². The zero-order valence-electron chi connectivity index (χ0n) is 7.28. The minimum Gasteiger partial charge on any atom is -0.393 e. The number of nitrogens with zero attached hydrogens (tertiary/aromatic N) is 1. The fourth-order valence-electron chi connectivity index (χ4n) is 1.11. The number of benzene rings is 1. The summed E-state index contributed by atoms with van der Waals surface area (Å²) < 4.78 is 0. The van der Waals surface area contributed by atoms with Crippen molar-refractivity contribution in [3.8, 4) is 0 Å². The van der Waals surface area contributed by atoms with Crippen LogP contribution in [-0.4, -0.2) is 10.7 Å². The van der Waals surface area contributed by atoms with Crippen molar-refractivity contribution in [1.29, 1.82) is 0 Å². The number of rotatable bonds is 2. The van der Waals surface area contributed by atoms with E-state index in [-0.39, 0.29) is 16.3 Å². The van der Waals surface area contributed by atoms with Crippen LogP contribution in [0.5, 0.6) is 0 Å². The highest BCUT2D eigenvalue weighted by atomic mass is 35.5. The van der Waals surface area contributed by atoms with Gasteiger partial charge < -0.3 is 5.73 Å². The van der Waals surface area contributed by atoms with Gasteiger partial charge in [-0.3, -0.25) is 14.9 Å². The minimum absolute atomic E-state index is 0.0402. The zero-order chi connectivity index (χ0) is 10.9. The number of nitrogen functional groups attached to an aromatic ring is 1. The summed E-state index contributed by atoms with van der Waals surface area (Å²) in [4.78, 5) is 21.0. The molecule has 1 aromatic carbocycles. The molecule has 0 aliphatic carbocycles. The van der Waals surface area contributed by atoms with Gasteiger partial charge in [0.15, 0.2) is 5.78 Å². The molecule has 0 saturated carbocycles. The summed E-state index contributed by atoms with van der Waals surface area (Å²) in [5.74, 6) is -0.478. The third kappa shape index (κ3) is 1.67. The smallest absolute Gasteiger partial charge is 0.304 e. The molecule has 0 unspecified atom stereocenters. The normalized spacial score (nSPS) is 9.86. The van der Waals surface area contributed by atoms with Crippen molar-refractivity contribution in [1.82, 2.24) is 0 Å². The molecule has 0 radical (unpaired) electrons. The maximum absolute atomic E-state index is 11.1. The average molecular weight is 215 g/mol. The molecule has 0 fully saturated rings. The molecule has 0 spiro atoms. The molecular weight excluding hydrogens is 208 g/mol. The minimum atomic E-state index is -0.710. The third-order valence-corrected chi connectivity index (χ3v) is 2.01. The number of nitro groups is 1. The van der Waals surface area contributed by atoms with Crippen LogP contribution in [0.4, 0.5) is 11.4 Å². The molecule has 5 nitrogen and oxygen atoms in total. The van der Waals surface area contributed by atoms with Gasteiger partial charge in [0, 0.05) is 0 Å². The molecule has 14 heavy (non-hydrogen) atoms. The number of carbonyl (C=O) groups excluding carboxylic acids is 1. The lowest BCUT2D eigenvalue weighted by atomic mass is 10.1. The quantitative estimate of drug-likeness (QED) is 0.353. The Kier molecular flexibility index (Phi) is 2.71. The van der Waals surface area contributed by atoms with E-state index in [1.165, 1.54) is 19.1 Å². The van der Waals surface area contributed by atoms with E-state index >= 15 is 0 Å². The number of nitro benzene ring substituents is 1. The molecular formula is C8H7ClN2O3. The summed E-state index contributed by atoms with van der Waals surface area (Å²) in [5, 5.41) is 10.7. The highest BCUT2D eigenvalue weighted by Crippen LogP contribution is 2.32. The van der Waals surface area contributed by atoms with E-state index < -0.39 is 16.4 Å². The number of Topliss-reactive ketones (excluding diaryl/α,β-unsaturated/α-hetero) is 1. The lowest BCUT2D eigenvalue weighted by Crippen LogP contribution is -2.04. The van der Waals surface area contributed by atoms with Gasteiger partial charge in [0.05, 0.1) is 9.95 Å². The molecule has 6 heteroatoms. The van der Waals surface area contributed by atoms with Gasteiger partial charge in [-0.25, -0.2) is 0 Å². The van der Waals surface area contributed by atoms with Crippen LogP contribution in [0.1, 0.15) is 17.3 Å². The Bertz CT molecular complexity index is 378. The van der Waals surface area contributed by atoms with Crippen molar-refractivity contribution in [3.63, 3.8) is 0 Å². The van der Waals surface area contributed by atoms with Crippen molar-refractivity contribution in [2.45, 2.75) is 6.92 Å². The molecule has 0 aliphatic heterocycles. The highest BCUT2D eigenvalue weighted by Gasteiger charge is 2.23. The second kappa shape index (κ2) is 3.63. The standard InChI is InChI=1S/C8H7ClN2O3/c1-4(12)7-5(9)2-3-6(10)8(7)11(13)14/h2-3H,10H2,1H3. The summed E-state index contributed by atoms with van der Waals surface area (Å²) in [6, 6.07) is 2.66. The van der Waals surface area contributed by atoms with Crippen LogP contribution in [-0.2, 0) is 0 Å². The Hall–Kier alpha value is -1.62. The Morgan fingerprint density at radius 1 is 1.57 bits per heavy atom. The molecule has 0 saturated heterocycles. The van der Waals surface area contributed by atoms with Gasteiger partial charge in [-0.1, -0.05) is 11.6 Å². The van der Waals surface area contributed by atoms with E-state index in [0.717, 1.165) is 0 Å². The topological polar surface area (TPSA) is 86.2 Å². The van der Waals surface area contributed by atoms with E-state index in [2.05, 4.69) is 0 Å². The predicted octanol–water partition coefficient (Wildman–Crippen LogP) is 2.03. The van der Waals surface area contributed by atoms with Crippen LogP contribution < -0.4 is 5.73 Å². The Balaban J connectivity index is 3.58. The average Bonchev–Trinajstić information content (AvgIpc) is 2.07. The van der Waals surface area contributed by atoms with E-state index in [9.17, 15) is 14.9 Å². The lowest BCUT2D eigenvalue weighted by Gasteiger charge is -2.03. The molecule has 0 atom stereocenters. The molecule has 1 aromatic rings. The highest BCUT2D eigenvalue weighted by molar-refractivity contribution is 6.34. The second-order valence-electron chi connectivity index (χ2n) is 2.67. The van der Waals surface area contributed by atoms with E-state index in [4.69, 9.17) is 17.3 Å². The summed E-state index contributed by atoms with van der Waals surface area (Å²) in [6.45, 7) is 1.20. The van der Waals surface area contributed by atoms with Crippen molar-refractivity contribution in [3.05, 3.63) is 32.8 Å². The van der Waals surface area contributed by atoms with Gasteiger partial charge in [0.1, 0.15) is 11.3 Å². The maximum atomic E-state index is 11.1. The van der Waals surface area contributed by atoms with Crippen molar-refractivity contribution in [2.75, 3.05) is 5.73 Å². The van der Waals surface area contributed by atoms with Crippen LogP contribution >= 0.6 is 11.6 Å². The van der Waals surface area contributed by atoms with Gasteiger partial charge in [-0.15, -0.1) is 0 Å². The monoisotopic (exact) mass is 214 g/mol. The SMILES string of the molecule is CC(=O)c1c(Cl)ccc(N)c1[N+](=O)[O-]. The predicted molar refractivity (Wildman–Crippen MR) is 52.5 cm³/mol. The van der Waals surface area contributed by atoms with E-state index in [1.54, 1.807) is 0 Å². The molecule has 0 bridgehead atoms. The Morgan fingerprint density at radius 3 is 2.50 bits per heavy atom. The first kappa shape index (κ1) is 10.5. The fourth-order valence-corrected chi connectivity index (χ4v) is 1.40. The molecule has 0 heterocycles. The Morgan fingerprint density at radius 2 is 2.14 bits per heavy atom. The zero-order valence-corrected chi connectivity index (χ0v) is 8.04. The first-order chi connectivity index (χ1) is 6.45. The first-order valence-corrected chi connectivity index (χ1v) is 4.06. The number of hydrogen-bond acceptors (Lipinski definition) is 4. The summed E-state index contributed by atoms with van der Waals surface area (Å²) in [6.07, 6.45) is 0. The number of anilines is 1. The van der Waals surface area contributed by atoms with Gasteiger partial charge in [0.2, 0.25) is 0 Å². The summed E-state index contributed by atoms with van der Waals surface area (Å²) in [7, 11) is 0. The van der Waals surface area contributed by atoms with Crippen LogP contribution in [0.25, 0.3) is 0 Å². The van der Waals surface area contributed by atoms with E-state index in [0.29, 0.717) is 0 Å². The summed E-state index contributed by atoms with van der Waals surface area (Å²) in [5.41, 5.74) is 4.74. The summed E-state index contributed by atoms with van der Waals surface area (Å²) >= 11 is 5.66. The number of nitrogens with two attached hydrogens (primary N) is 1. The van der Waals surface area contributed by atoms with Crippen molar-refractivity contribution >= 4 is 28.8 Å². The largest absolute Gasteiger partial charge is 0.393 e. The van der Waals surface area contributed by atoms with Crippen molar-refractivity contribution in [2.24, 2.45) is 0 Å². The first-order valence-electron chi connectivity index (χ1n) is 3.68. The molecule has 0 aromatic heterocycles. The molecule has 0 amide bonds. The number of ketones is 1. The second-order valence-corrected chi connectivity index (χ2v) is 3.08. The molecule has 74 valence electrons. The van der Waals surface area contributed by atoms with Gasteiger partial charge >= 0.3 is 5.69 Å². The van der Waals surface area contributed by atoms with Crippen LogP contribution in [0, 0.1) is 10.1 Å². The van der Waals surface area contributed by atoms with Crippen LogP contribution in [0.2, 0.25) is 5.02 Å². The van der Waals surface area contributed by atoms with E-state index in [1.807, 2.05) is 0 Å². The fraction of sp³-hybridized carbons (Fsp3) is 0.125. The lowest BCUT2D eigenvalue weighted by molar-refractivity contribution is -0.384. The molecule has 0 aliphatic rings. The van der Waals surface area contributed by atoms with Crippen molar-refractivity contribution < 1.29 is 9.72 Å². The van der Waals surface area contributed by atoms with Gasteiger partial charge in [-0.2, -0.15) is 0 Å².